The van der Waals surface area contributed by atoms with Gasteiger partial charge in [-0.05, 0) is 38.3 Å². The molecule has 0 fully saturated rings. The predicted molar refractivity (Wildman–Crippen MR) is 68.9 cm³/mol. The Kier molecular flexibility index (Phi) is 3.70. The number of halogens is 2. The zero-order chi connectivity index (χ0) is 11.5. The van der Waals surface area contributed by atoms with Crippen molar-refractivity contribution in [1.29, 1.82) is 0 Å². The van der Waals surface area contributed by atoms with Crippen LogP contribution in [-0.4, -0.2) is 19.5 Å². The molecule has 2 aromatic heterocycles. The number of nitrogens with zero attached hydrogens (tertiary/aromatic N) is 4. The number of hydrogen-bond acceptors (Lipinski definition) is 3. The van der Waals surface area contributed by atoms with E-state index in [4.69, 9.17) is 0 Å². The Morgan fingerprint density at radius 3 is 2.56 bits per heavy atom. The highest BCUT2D eigenvalue weighted by Gasteiger charge is 2.09. The molecule has 0 aliphatic heterocycles. The summed E-state index contributed by atoms with van der Waals surface area (Å²) in [5.74, 6) is 0.673. The van der Waals surface area contributed by atoms with Gasteiger partial charge in [0.25, 0.3) is 0 Å². The van der Waals surface area contributed by atoms with E-state index >= 15 is 0 Å². The Hall–Kier alpha value is -0.750. The standard InChI is InChI=1S/C10H10Br2N4/c1-2-3-16-6-13-5-7(16)10-14-8(11)4-9(12)15-10/h4-6H,2-3H2,1H3. The highest BCUT2D eigenvalue weighted by Crippen LogP contribution is 2.20. The molecule has 0 unspecified atom stereocenters. The van der Waals surface area contributed by atoms with Crippen molar-refractivity contribution in [1.82, 2.24) is 19.5 Å². The SMILES string of the molecule is CCCn1cncc1-c1nc(Br)cc(Br)n1. The fraction of sp³-hybridized carbons (Fsp3) is 0.300. The summed E-state index contributed by atoms with van der Waals surface area (Å²) in [7, 11) is 0. The molecule has 0 aliphatic carbocycles. The molecule has 16 heavy (non-hydrogen) atoms. The van der Waals surface area contributed by atoms with Crippen LogP contribution in [0.1, 0.15) is 13.3 Å². The van der Waals surface area contributed by atoms with Gasteiger partial charge < -0.3 is 4.57 Å². The Morgan fingerprint density at radius 2 is 1.94 bits per heavy atom. The van der Waals surface area contributed by atoms with Crippen LogP contribution < -0.4 is 0 Å². The molecule has 2 aromatic rings. The topological polar surface area (TPSA) is 43.6 Å². The molecule has 0 amide bonds. The second-order valence-electron chi connectivity index (χ2n) is 3.31. The molecule has 6 heteroatoms. The van der Waals surface area contributed by atoms with Crippen molar-refractivity contribution in [2.75, 3.05) is 0 Å². The first kappa shape index (κ1) is 11.7. The Balaban J connectivity index is 2.45. The summed E-state index contributed by atoms with van der Waals surface area (Å²) < 4.78 is 3.57. The number of hydrogen-bond donors (Lipinski definition) is 0. The van der Waals surface area contributed by atoms with Crippen LogP contribution in [0, 0.1) is 0 Å². The van der Waals surface area contributed by atoms with Gasteiger partial charge in [-0.15, -0.1) is 0 Å². The fourth-order valence-electron chi connectivity index (χ4n) is 1.43. The van der Waals surface area contributed by atoms with E-state index in [9.17, 15) is 0 Å². The number of aryl methyl sites for hydroxylation is 1. The summed E-state index contributed by atoms with van der Waals surface area (Å²) in [6, 6.07) is 1.81. The third-order valence-electron chi connectivity index (χ3n) is 2.07. The summed E-state index contributed by atoms with van der Waals surface area (Å²) in [5.41, 5.74) is 0.934. The van der Waals surface area contributed by atoms with Crippen LogP contribution in [0.4, 0.5) is 0 Å². The second kappa shape index (κ2) is 5.05. The van der Waals surface area contributed by atoms with Gasteiger partial charge in [0, 0.05) is 12.6 Å². The van der Waals surface area contributed by atoms with Crippen molar-refractivity contribution in [2.24, 2.45) is 0 Å². The van der Waals surface area contributed by atoms with Gasteiger partial charge in [0.1, 0.15) is 14.9 Å². The Morgan fingerprint density at radius 1 is 1.25 bits per heavy atom. The summed E-state index contributed by atoms with van der Waals surface area (Å²) in [5, 5.41) is 0. The van der Waals surface area contributed by atoms with Crippen LogP contribution in [0.2, 0.25) is 0 Å². The van der Waals surface area contributed by atoms with E-state index in [-0.39, 0.29) is 0 Å². The largest absolute Gasteiger partial charge is 0.328 e. The van der Waals surface area contributed by atoms with E-state index in [2.05, 4.69) is 53.7 Å². The lowest BCUT2D eigenvalue weighted by molar-refractivity contribution is 0.681. The minimum atomic E-state index is 0.673. The summed E-state index contributed by atoms with van der Waals surface area (Å²) >= 11 is 6.70. The van der Waals surface area contributed by atoms with Crippen LogP contribution in [0.5, 0.6) is 0 Å². The minimum Gasteiger partial charge on any atom is -0.328 e. The van der Waals surface area contributed by atoms with Gasteiger partial charge in [-0.3, -0.25) is 0 Å². The van der Waals surface area contributed by atoms with Crippen LogP contribution in [0.25, 0.3) is 11.5 Å². The first-order valence-corrected chi connectivity index (χ1v) is 6.50. The first-order chi connectivity index (χ1) is 7.70. The average molecular weight is 346 g/mol. The molecule has 0 N–H and O–H groups in total. The van der Waals surface area contributed by atoms with Crippen LogP contribution >= 0.6 is 31.9 Å². The van der Waals surface area contributed by atoms with Gasteiger partial charge in [-0.2, -0.15) is 0 Å². The highest BCUT2D eigenvalue weighted by molar-refractivity contribution is 9.11. The zero-order valence-electron chi connectivity index (χ0n) is 8.69. The molecule has 0 radical (unpaired) electrons. The molecule has 0 aromatic carbocycles. The zero-order valence-corrected chi connectivity index (χ0v) is 11.9. The molecule has 0 saturated carbocycles. The monoisotopic (exact) mass is 344 g/mol. The van der Waals surface area contributed by atoms with Gasteiger partial charge >= 0.3 is 0 Å². The molecular weight excluding hydrogens is 336 g/mol. The third-order valence-corrected chi connectivity index (χ3v) is 2.88. The van der Waals surface area contributed by atoms with Crippen LogP contribution in [0.15, 0.2) is 27.8 Å². The van der Waals surface area contributed by atoms with Crippen molar-refractivity contribution < 1.29 is 0 Å². The van der Waals surface area contributed by atoms with Crippen molar-refractivity contribution >= 4 is 31.9 Å². The number of aromatic nitrogens is 4. The highest BCUT2D eigenvalue weighted by atomic mass is 79.9. The predicted octanol–water partition coefficient (Wildman–Crippen LogP) is 3.28. The van der Waals surface area contributed by atoms with E-state index in [1.54, 1.807) is 12.5 Å². The number of imidazole rings is 1. The lowest BCUT2D eigenvalue weighted by atomic mass is 10.4. The maximum Gasteiger partial charge on any atom is 0.179 e. The maximum absolute atomic E-state index is 4.33. The van der Waals surface area contributed by atoms with E-state index < -0.39 is 0 Å². The van der Waals surface area contributed by atoms with Gasteiger partial charge in [0.15, 0.2) is 5.82 Å². The Bertz CT molecular complexity index is 475. The molecule has 84 valence electrons. The van der Waals surface area contributed by atoms with E-state index in [1.165, 1.54) is 0 Å². The molecule has 0 bridgehead atoms. The quantitative estimate of drug-likeness (QED) is 0.802. The van der Waals surface area contributed by atoms with Crippen LogP contribution in [-0.2, 0) is 6.54 Å². The van der Waals surface area contributed by atoms with Gasteiger partial charge in [0.05, 0.1) is 12.5 Å². The second-order valence-corrected chi connectivity index (χ2v) is 4.93. The normalized spacial score (nSPS) is 10.7. The fourth-order valence-corrected chi connectivity index (χ4v) is 2.51. The van der Waals surface area contributed by atoms with Crippen molar-refractivity contribution in [3.8, 4) is 11.5 Å². The molecule has 0 saturated heterocycles. The van der Waals surface area contributed by atoms with Crippen molar-refractivity contribution in [3.63, 3.8) is 0 Å². The molecule has 2 rings (SSSR count). The lowest BCUT2D eigenvalue weighted by Gasteiger charge is -2.05. The molecule has 4 nitrogen and oxygen atoms in total. The van der Waals surface area contributed by atoms with Gasteiger partial charge in [-0.25, -0.2) is 15.0 Å². The summed E-state index contributed by atoms with van der Waals surface area (Å²) in [6.45, 7) is 3.05. The molecule has 0 aliphatic rings. The van der Waals surface area contributed by atoms with Crippen molar-refractivity contribution in [2.45, 2.75) is 19.9 Å². The maximum atomic E-state index is 4.33. The van der Waals surface area contributed by atoms with Crippen molar-refractivity contribution in [3.05, 3.63) is 27.8 Å². The molecular formula is C10H10Br2N4. The molecule has 2 heterocycles. The third kappa shape index (κ3) is 2.49. The van der Waals surface area contributed by atoms with Gasteiger partial charge in [0.2, 0.25) is 0 Å². The molecule has 0 atom stereocenters. The number of rotatable bonds is 3. The summed E-state index contributed by atoms with van der Waals surface area (Å²) in [6.07, 6.45) is 4.64. The van der Waals surface area contributed by atoms with Gasteiger partial charge in [-0.1, -0.05) is 6.92 Å². The van der Waals surface area contributed by atoms with Crippen LogP contribution in [0.3, 0.4) is 0 Å². The summed E-state index contributed by atoms with van der Waals surface area (Å²) in [4.78, 5) is 12.8. The lowest BCUT2D eigenvalue weighted by Crippen LogP contribution is -2.00. The van der Waals surface area contributed by atoms with E-state index in [0.717, 1.165) is 27.9 Å². The van der Waals surface area contributed by atoms with E-state index in [1.807, 2.05) is 10.6 Å². The smallest absolute Gasteiger partial charge is 0.179 e. The van der Waals surface area contributed by atoms with E-state index in [0.29, 0.717) is 5.82 Å². The molecule has 0 spiro atoms. The first-order valence-electron chi connectivity index (χ1n) is 4.91. The Labute approximate surface area is 110 Å². The average Bonchev–Trinajstić information content (AvgIpc) is 2.65. The minimum absolute atomic E-state index is 0.673.